The number of hydrogen-bond donors (Lipinski definition) is 1. The van der Waals surface area contributed by atoms with Gasteiger partial charge in [-0.25, -0.2) is 0 Å². The van der Waals surface area contributed by atoms with Crippen LogP contribution in [0, 0.1) is 12.8 Å². The third-order valence-corrected chi connectivity index (χ3v) is 4.25. The Balaban J connectivity index is 1.87. The molecule has 1 fully saturated rings. The quantitative estimate of drug-likeness (QED) is 0.890. The summed E-state index contributed by atoms with van der Waals surface area (Å²) < 4.78 is 0. The van der Waals surface area contributed by atoms with E-state index in [0.717, 1.165) is 16.5 Å². The standard InChI is InChI=1S/C16H25ClN2/c1-12(2)11-19-9-7-14(8-10-19)18-16-6-4-5-15(17)13(16)3/h4-6,12,14,18H,7-11H2,1-3H3. The number of nitrogens with one attached hydrogen (secondary N) is 1. The zero-order valence-corrected chi connectivity index (χ0v) is 13.0. The zero-order valence-electron chi connectivity index (χ0n) is 12.2. The average Bonchev–Trinajstić information content (AvgIpc) is 2.37. The summed E-state index contributed by atoms with van der Waals surface area (Å²) in [7, 11) is 0. The number of piperidine rings is 1. The number of anilines is 1. The highest BCUT2D eigenvalue weighted by Crippen LogP contribution is 2.25. The molecule has 0 radical (unpaired) electrons. The molecule has 1 aromatic rings. The molecule has 2 nitrogen and oxygen atoms in total. The van der Waals surface area contributed by atoms with Crippen molar-refractivity contribution < 1.29 is 0 Å². The fourth-order valence-electron chi connectivity index (χ4n) is 2.76. The van der Waals surface area contributed by atoms with Crippen molar-refractivity contribution in [2.75, 3.05) is 25.0 Å². The number of likely N-dealkylation sites (tertiary alicyclic amines) is 1. The Kier molecular flexibility index (Phi) is 5.12. The molecule has 1 aromatic carbocycles. The second-order valence-corrected chi connectivity index (χ2v) is 6.43. The van der Waals surface area contributed by atoms with E-state index in [-0.39, 0.29) is 0 Å². The summed E-state index contributed by atoms with van der Waals surface area (Å²) in [5.41, 5.74) is 2.35. The lowest BCUT2D eigenvalue weighted by molar-refractivity contribution is 0.198. The molecule has 3 heteroatoms. The molecule has 0 aliphatic carbocycles. The van der Waals surface area contributed by atoms with E-state index in [1.54, 1.807) is 0 Å². The Morgan fingerprint density at radius 1 is 1.32 bits per heavy atom. The average molecular weight is 281 g/mol. The van der Waals surface area contributed by atoms with Gasteiger partial charge in [-0.3, -0.25) is 0 Å². The van der Waals surface area contributed by atoms with Gasteiger partial charge in [0.25, 0.3) is 0 Å². The Labute approximate surface area is 122 Å². The van der Waals surface area contributed by atoms with Crippen LogP contribution in [0.2, 0.25) is 5.02 Å². The highest BCUT2D eigenvalue weighted by atomic mass is 35.5. The molecule has 0 aromatic heterocycles. The van der Waals surface area contributed by atoms with Crippen LogP contribution in [0.5, 0.6) is 0 Å². The van der Waals surface area contributed by atoms with E-state index in [1.165, 1.54) is 38.2 Å². The van der Waals surface area contributed by atoms with Gasteiger partial charge in [0.2, 0.25) is 0 Å². The van der Waals surface area contributed by atoms with Crippen LogP contribution in [-0.4, -0.2) is 30.6 Å². The molecule has 19 heavy (non-hydrogen) atoms. The van der Waals surface area contributed by atoms with Crippen LogP contribution < -0.4 is 5.32 Å². The second-order valence-electron chi connectivity index (χ2n) is 6.03. The van der Waals surface area contributed by atoms with Gasteiger partial charge in [-0.2, -0.15) is 0 Å². The van der Waals surface area contributed by atoms with Crippen LogP contribution in [-0.2, 0) is 0 Å². The molecule has 1 N–H and O–H groups in total. The Bertz CT molecular complexity index is 409. The fraction of sp³-hybridized carbons (Fsp3) is 0.625. The molecule has 1 saturated heterocycles. The summed E-state index contributed by atoms with van der Waals surface area (Å²) in [5.74, 6) is 0.764. The fourth-order valence-corrected chi connectivity index (χ4v) is 2.93. The summed E-state index contributed by atoms with van der Waals surface area (Å²) in [6.07, 6.45) is 2.44. The Hall–Kier alpha value is -0.730. The third kappa shape index (κ3) is 4.12. The summed E-state index contributed by atoms with van der Waals surface area (Å²) in [6.45, 7) is 10.3. The molecule has 1 aliphatic rings. The lowest BCUT2D eigenvalue weighted by atomic mass is 10.0. The smallest absolute Gasteiger partial charge is 0.0455 e. The molecule has 0 spiro atoms. The summed E-state index contributed by atoms with van der Waals surface area (Å²) in [4.78, 5) is 2.58. The number of nitrogens with zero attached hydrogens (tertiary/aromatic N) is 1. The van der Waals surface area contributed by atoms with Crippen LogP contribution in [0.25, 0.3) is 0 Å². The molecule has 0 saturated carbocycles. The van der Waals surface area contributed by atoms with E-state index in [2.05, 4.69) is 37.1 Å². The first-order chi connectivity index (χ1) is 9.06. The van der Waals surface area contributed by atoms with Crippen LogP contribution in [0.3, 0.4) is 0 Å². The molecule has 0 bridgehead atoms. The second kappa shape index (κ2) is 6.62. The minimum Gasteiger partial charge on any atom is -0.382 e. The van der Waals surface area contributed by atoms with Gasteiger partial charge in [0.15, 0.2) is 0 Å². The van der Waals surface area contributed by atoms with E-state index in [4.69, 9.17) is 11.6 Å². The minimum atomic E-state index is 0.584. The van der Waals surface area contributed by atoms with Crippen molar-refractivity contribution in [3.8, 4) is 0 Å². The lowest BCUT2D eigenvalue weighted by Gasteiger charge is -2.34. The number of halogens is 1. The van der Waals surface area contributed by atoms with Gasteiger partial charge in [-0.1, -0.05) is 31.5 Å². The predicted octanol–water partition coefficient (Wildman–Crippen LogP) is 4.18. The molecule has 0 unspecified atom stereocenters. The molecular formula is C16H25ClN2. The SMILES string of the molecule is Cc1c(Cl)cccc1NC1CCN(CC(C)C)CC1. The monoisotopic (exact) mass is 280 g/mol. The van der Waals surface area contributed by atoms with Gasteiger partial charge in [0.05, 0.1) is 0 Å². The highest BCUT2D eigenvalue weighted by Gasteiger charge is 2.19. The highest BCUT2D eigenvalue weighted by molar-refractivity contribution is 6.31. The van der Waals surface area contributed by atoms with E-state index < -0.39 is 0 Å². The maximum Gasteiger partial charge on any atom is 0.0455 e. The normalized spacial score (nSPS) is 17.9. The maximum absolute atomic E-state index is 6.16. The van der Waals surface area contributed by atoms with Crippen LogP contribution in [0.15, 0.2) is 18.2 Å². The van der Waals surface area contributed by atoms with Crippen LogP contribution >= 0.6 is 11.6 Å². The first-order valence-electron chi connectivity index (χ1n) is 7.30. The van der Waals surface area contributed by atoms with E-state index in [9.17, 15) is 0 Å². The van der Waals surface area contributed by atoms with Gasteiger partial charge >= 0.3 is 0 Å². The van der Waals surface area contributed by atoms with Gasteiger partial charge in [0.1, 0.15) is 0 Å². The number of benzene rings is 1. The lowest BCUT2D eigenvalue weighted by Crippen LogP contribution is -2.40. The molecular weight excluding hydrogens is 256 g/mol. The van der Waals surface area contributed by atoms with Crippen molar-refractivity contribution in [1.82, 2.24) is 4.90 Å². The topological polar surface area (TPSA) is 15.3 Å². The van der Waals surface area contributed by atoms with E-state index in [0.29, 0.717) is 6.04 Å². The molecule has 2 rings (SSSR count). The summed E-state index contributed by atoms with van der Waals surface area (Å²) >= 11 is 6.16. The molecule has 106 valence electrons. The Morgan fingerprint density at radius 3 is 2.63 bits per heavy atom. The van der Waals surface area contributed by atoms with Gasteiger partial charge in [-0.15, -0.1) is 0 Å². The number of hydrogen-bond acceptors (Lipinski definition) is 2. The summed E-state index contributed by atoms with van der Waals surface area (Å²) in [5, 5.41) is 4.50. The van der Waals surface area contributed by atoms with Crippen LogP contribution in [0.1, 0.15) is 32.3 Å². The summed E-state index contributed by atoms with van der Waals surface area (Å²) in [6, 6.07) is 6.68. The number of rotatable bonds is 4. The first-order valence-corrected chi connectivity index (χ1v) is 7.68. The van der Waals surface area contributed by atoms with E-state index in [1.807, 2.05) is 12.1 Å². The molecule has 0 amide bonds. The van der Waals surface area contributed by atoms with Crippen molar-refractivity contribution in [1.29, 1.82) is 0 Å². The maximum atomic E-state index is 6.16. The Morgan fingerprint density at radius 2 is 2.00 bits per heavy atom. The van der Waals surface area contributed by atoms with Crippen molar-refractivity contribution in [2.45, 2.75) is 39.7 Å². The van der Waals surface area contributed by atoms with Crippen molar-refractivity contribution in [2.24, 2.45) is 5.92 Å². The first kappa shape index (κ1) is 14.7. The van der Waals surface area contributed by atoms with Crippen molar-refractivity contribution >= 4 is 17.3 Å². The van der Waals surface area contributed by atoms with Gasteiger partial charge in [-0.05, 0) is 43.4 Å². The van der Waals surface area contributed by atoms with Gasteiger partial charge < -0.3 is 10.2 Å². The molecule has 1 heterocycles. The molecule has 1 aliphatic heterocycles. The predicted molar refractivity (Wildman–Crippen MR) is 84.1 cm³/mol. The molecule has 0 atom stereocenters. The largest absolute Gasteiger partial charge is 0.382 e. The minimum absolute atomic E-state index is 0.584. The van der Waals surface area contributed by atoms with Crippen molar-refractivity contribution in [3.05, 3.63) is 28.8 Å². The van der Waals surface area contributed by atoms with E-state index >= 15 is 0 Å². The third-order valence-electron chi connectivity index (χ3n) is 3.84. The zero-order chi connectivity index (χ0) is 13.8. The van der Waals surface area contributed by atoms with Gasteiger partial charge in [0, 0.05) is 36.4 Å². The van der Waals surface area contributed by atoms with Crippen LogP contribution in [0.4, 0.5) is 5.69 Å². The van der Waals surface area contributed by atoms with Crippen molar-refractivity contribution in [3.63, 3.8) is 0 Å².